The lowest BCUT2D eigenvalue weighted by Crippen LogP contribution is -2.62. The monoisotopic (exact) mass is 481 g/mol. The molecule has 4 rings (SSSR count). The predicted octanol–water partition coefficient (Wildman–Crippen LogP) is 3.10. The highest BCUT2D eigenvalue weighted by Gasteiger charge is 2.41. The number of carbonyl (C=O) groups excluding carboxylic acids is 1. The van der Waals surface area contributed by atoms with E-state index in [9.17, 15) is 18.0 Å². The third kappa shape index (κ3) is 5.57. The van der Waals surface area contributed by atoms with Gasteiger partial charge in [-0.2, -0.15) is 18.3 Å². The highest BCUT2D eigenvalue weighted by atomic mass is 32.2. The highest BCUT2D eigenvalue weighted by molar-refractivity contribution is 8.00. The number of pyridine rings is 1. The van der Waals surface area contributed by atoms with Gasteiger partial charge in [0.05, 0.1) is 35.7 Å². The van der Waals surface area contributed by atoms with Crippen LogP contribution in [-0.2, 0) is 9.53 Å². The molecule has 0 bridgehead atoms. The first-order valence-corrected chi connectivity index (χ1v) is 11.6. The molecule has 2 aliphatic heterocycles. The summed E-state index contributed by atoms with van der Waals surface area (Å²) in [5.41, 5.74) is -4.00. The number of likely N-dealkylation sites (tertiary alicyclic amines) is 1. The summed E-state index contributed by atoms with van der Waals surface area (Å²) in [4.78, 5) is 13.4. The van der Waals surface area contributed by atoms with Crippen LogP contribution in [0.2, 0.25) is 0 Å². The summed E-state index contributed by atoms with van der Waals surface area (Å²) >= 11 is -0.225. The van der Waals surface area contributed by atoms with Crippen molar-refractivity contribution in [2.45, 2.75) is 48.7 Å². The van der Waals surface area contributed by atoms with Crippen molar-refractivity contribution in [1.82, 2.24) is 19.8 Å². The molecule has 0 spiro atoms. The third-order valence-corrected chi connectivity index (χ3v) is 6.74. The molecule has 0 radical (unpaired) electrons. The summed E-state index contributed by atoms with van der Waals surface area (Å²) in [6.07, 6.45) is 1.83. The maximum atomic E-state index is 13.3. The number of carbonyl (C=O) groups is 1. The van der Waals surface area contributed by atoms with E-state index in [1.54, 1.807) is 12.1 Å². The van der Waals surface area contributed by atoms with Crippen molar-refractivity contribution < 1.29 is 22.7 Å². The molecule has 1 amide bonds. The van der Waals surface area contributed by atoms with Crippen LogP contribution in [0.3, 0.4) is 0 Å². The molecule has 0 unspecified atom stereocenters. The number of nitrogens with zero attached hydrogens (tertiary/aromatic N) is 3. The molecule has 2 aromatic rings. The summed E-state index contributed by atoms with van der Waals surface area (Å²) in [5, 5.41) is 10.3. The molecule has 11 heteroatoms. The second-order valence-electron chi connectivity index (χ2n) is 8.54. The lowest BCUT2D eigenvalue weighted by atomic mass is 9.93. The molecule has 7 nitrogen and oxygen atoms in total. The van der Waals surface area contributed by atoms with Gasteiger partial charge in [0.1, 0.15) is 11.5 Å². The molecule has 178 valence electrons. The van der Waals surface area contributed by atoms with Crippen molar-refractivity contribution in [3.05, 3.63) is 23.9 Å². The van der Waals surface area contributed by atoms with Gasteiger partial charge in [-0.05, 0) is 49.6 Å². The third-order valence-electron chi connectivity index (χ3n) is 5.90. The minimum Gasteiger partial charge on any atom is -0.377 e. The van der Waals surface area contributed by atoms with Crippen molar-refractivity contribution in [2.75, 3.05) is 38.2 Å². The second kappa shape index (κ2) is 9.44. The van der Waals surface area contributed by atoms with Gasteiger partial charge >= 0.3 is 5.51 Å². The second-order valence-corrected chi connectivity index (χ2v) is 9.62. The normalized spacial score (nSPS) is 18.9. The van der Waals surface area contributed by atoms with Gasteiger partial charge in [0.25, 0.3) is 0 Å². The molecular formula is C22H26F3N5O2S. The average molecular weight is 482 g/mol. The van der Waals surface area contributed by atoms with E-state index >= 15 is 0 Å². The summed E-state index contributed by atoms with van der Waals surface area (Å²) in [6.45, 7) is 6.96. The average Bonchev–Trinajstić information content (AvgIpc) is 3.07. The van der Waals surface area contributed by atoms with Gasteiger partial charge in [-0.25, -0.2) is 4.52 Å². The van der Waals surface area contributed by atoms with Gasteiger partial charge in [-0.15, -0.1) is 0 Å². The van der Waals surface area contributed by atoms with Crippen LogP contribution in [-0.4, -0.2) is 70.4 Å². The minimum absolute atomic E-state index is 0.0321. The maximum absolute atomic E-state index is 13.3. The number of hydrogen-bond acceptors (Lipinski definition) is 6. The molecule has 4 heterocycles. The van der Waals surface area contributed by atoms with Gasteiger partial charge in [-0.3, -0.25) is 9.69 Å². The molecule has 0 aliphatic carbocycles. The van der Waals surface area contributed by atoms with Gasteiger partial charge in [0.15, 0.2) is 0 Å². The number of hydrogen-bond donors (Lipinski definition) is 2. The number of alkyl halides is 3. The van der Waals surface area contributed by atoms with E-state index in [1.807, 2.05) is 6.07 Å². The molecule has 2 fully saturated rings. The SMILES string of the molecule is CC(=O)NCC#Cc1nn2c(NC3CCN(C4(C)COC4)CC3)cccc2c1SC(F)(F)F. The first kappa shape index (κ1) is 23.7. The number of ether oxygens (including phenoxy) is 1. The van der Waals surface area contributed by atoms with Crippen LogP contribution in [0.15, 0.2) is 23.1 Å². The van der Waals surface area contributed by atoms with Crippen LogP contribution in [0.1, 0.15) is 32.4 Å². The summed E-state index contributed by atoms with van der Waals surface area (Å²) in [5.74, 6) is 5.72. The standard InChI is InChI=1S/C22H26F3N5O2S/c1-15(31)26-10-4-5-17-20(33-22(23,24)25)18-6-3-7-19(30(18)28-17)27-16-8-11-29(12-9-16)21(2)13-32-14-21/h3,6-7,16,27H,8-14H2,1-2H3,(H,26,31). The van der Waals surface area contributed by atoms with Gasteiger partial charge in [0, 0.05) is 26.1 Å². The molecule has 2 aliphatic rings. The van der Waals surface area contributed by atoms with Gasteiger partial charge < -0.3 is 15.4 Å². The zero-order valence-electron chi connectivity index (χ0n) is 18.5. The number of rotatable bonds is 5. The van der Waals surface area contributed by atoms with E-state index in [4.69, 9.17) is 4.74 Å². The first-order valence-electron chi connectivity index (χ1n) is 10.7. The lowest BCUT2D eigenvalue weighted by molar-refractivity contribution is -0.135. The quantitative estimate of drug-likeness (QED) is 0.505. The van der Waals surface area contributed by atoms with E-state index in [0.29, 0.717) is 11.3 Å². The van der Waals surface area contributed by atoms with Crippen molar-refractivity contribution >= 4 is 29.0 Å². The van der Waals surface area contributed by atoms with E-state index < -0.39 is 5.51 Å². The Hall–Kier alpha value is -2.42. The van der Waals surface area contributed by atoms with Gasteiger partial charge in [-0.1, -0.05) is 12.0 Å². The fourth-order valence-corrected chi connectivity index (χ4v) is 4.78. The van der Waals surface area contributed by atoms with Crippen LogP contribution < -0.4 is 10.6 Å². The Morgan fingerprint density at radius 3 is 2.67 bits per heavy atom. The number of halogens is 3. The number of anilines is 1. The number of nitrogens with one attached hydrogen (secondary N) is 2. The zero-order valence-corrected chi connectivity index (χ0v) is 19.3. The van der Waals surface area contributed by atoms with E-state index in [1.165, 1.54) is 11.4 Å². The summed E-state index contributed by atoms with van der Waals surface area (Å²) < 4.78 is 46.6. The van der Waals surface area contributed by atoms with Crippen molar-refractivity contribution in [1.29, 1.82) is 0 Å². The first-order chi connectivity index (χ1) is 15.6. The van der Waals surface area contributed by atoms with Crippen molar-refractivity contribution in [3.8, 4) is 11.8 Å². The molecule has 2 N–H and O–H groups in total. The Kier molecular flexibility index (Phi) is 6.79. The van der Waals surface area contributed by atoms with E-state index in [-0.39, 0.29) is 46.4 Å². The fourth-order valence-electron chi connectivity index (χ4n) is 4.10. The topological polar surface area (TPSA) is 70.9 Å². The molecule has 0 aromatic carbocycles. The smallest absolute Gasteiger partial charge is 0.377 e. The molecule has 0 atom stereocenters. The Balaban J connectivity index is 1.55. The predicted molar refractivity (Wildman–Crippen MR) is 120 cm³/mol. The molecule has 33 heavy (non-hydrogen) atoms. The van der Waals surface area contributed by atoms with E-state index in [0.717, 1.165) is 39.1 Å². The maximum Gasteiger partial charge on any atom is 0.446 e. The van der Waals surface area contributed by atoms with Gasteiger partial charge in [0.2, 0.25) is 5.91 Å². The number of amides is 1. The fraction of sp³-hybridized carbons (Fsp3) is 0.545. The molecular weight excluding hydrogens is 455 g/mol. The molecule has 0 saturated carbocycles. The van der Waals surface area contributed by atoms with Crippen LogP contribution in [0.4, 0.5) is 19.0 Å². The number of piperidine rings is 1. The number of aromatic nitrogens is 2. The Morgan fingerprint density at radius 2 is 2.06 bits per heavy atom. The summed E-state index contributed by atoms with van der Waals surface area (Å²) in [6, 6.07) is 5.32. The highest BCUT2D eigenvalue weighted by Crippen LogP contribution is 2.41. The van der Waals surface area contributed by atoms with Crippen molar-refractivity contribution in [3.63, 3.8) is 0 Å². The molecule has 2 aromatic heterocycles. The largest absolute Gasteiger partial charge is 0.446 e. The van der Waals surface area contributed by atoms with E-state index in [2.05, 4.69) is 39.4 Å². The Morgan fingerprint density at radius 1 is 1.33 bits per heavy atom. The Bertz CT molecular complexity index is 1080. The minimum atomic E-state index is -4.48. The van der Waals surface area contributed by atoms with Crippen molar-refractivity contribution in [2.24, 2.45) is 0 Å². The van der Waals surface area contributed by atoms with Crippen LogP contribution >= 0.6 is 11.8 Å². The Labute approximate surface area is 194 Å². The number of fused-ring (bicyclic) bond motifs is 1. The van der Waals surface area contributed by atoms with Crippen LogP contribution in [0, 0.1) is 11.8 Å². The summed E-state index contributed by atoms with van der Waals surface area (Å²) in [7, 11) is 0. The van der Waals surface area contributed by atoms with Crippen LogP contribution in [0.5, 0.6) is 0 Å². The van der Waals surface area contributed by atoms with Crippen LogP contribution in [0.25, 0.3) is 5.52 Å². The molecule has 2 saturated heterocycles. The lowest BCUT2D eigenvalue weighted by Gasteiger charge is -2.49. The number of thioether (sulfide) groups is 1. The zero-order chi connectivity index (χ0) is 23.6.